The third-order valence-corrected chi connectivity index (χ3v) is 4.85. The van der Waals surface area contributed by atoms with E-state index in [2.05, 4.69) is 4.74 Å². The molecule has 0 aromatic carbocycles. The first kappa shape index (κ1) is 17.4. The van der Waals surface area contributed by atoms with Crippen molar-refractivity contribution in [2.24, 2.45) is 0 Å². The van der Waals surface area contributed by atoms with Crippen molar-refractivity contribution in [2.75, 3.05) is 0 Å². The summed E-state index contributed by atoms with van der Waals surface area (Å²) in [5.41, 5.74) is -0.873. The topological polar surface area (TPSA) is 27.7 Å². The van der Waals surface area contributed by atoms with Gasteiger partial charge >= 0.3 is 19.2 Å². The summed E-state index contributed by atoms with van der Waals surface area (Å²) in [4.78, 5) is 0. The van der Waals surface area contributed by atoms with E-state index in [0.29, 0.717) is 12.8 Å². The lowest BCUT2D eigenvalue weighted by Crippen LogP contribution is -2.41. The number of hydrogen-bond acceptors (Lipinski definition) is 3. The normalized spacial score (nSPS) is 32.9. The summed E-state index contributed by atoms with van der Waals surface area (Å²) in [6.07, 6.45) is 1.28. The van der Waals surface area contributed by atoms with Crippen molar-refractivity contribution in [1.82, 2.24) is 0 Å². The van der Waals surface area contributed by atoms with Gasteiger partial charge in [0.25, 0.3) is 0 Å². The van der Waals surface area contributed by atoms with Crippen LogP contribution in [0.4, 0.5) is 13.2 Å². The summed E-state index contributed by atoms with van der Waals surface area (Å²) in [5, 5.41) is -0.403. The molecule has 0 radical (unpaired) electrons. The van der Waals surface area contributed by atoms with Gasteiger partial charge in [0.05, 0.1) is 11.2 Å². The number of rotatable bonds is 3. The van der Waals surface area contributed by atoms with Crippen LogP contribution in [0.5, 0.6) is 0 Å². The molecule has 1 aliphatic carbocycles. The minimum atomic E-state index is -2.44. The number of halogens is 3. The van der Waals surface area contributed by atoms with Crippen molar-refractivity contribution >= 4 is 7.12 Å². The maximum absolute atomic E-state index is 12.8. The standard InChI is InChI=1S/C15H22BF3O3/c1-13(2)14(3,4)22-16(21-13)15(5)8-6-10(7-9-15)20-12(19)11(17)18/h6,8,10H,7,9H2,1-5H3. The van der Waals surface area contributed by atoms with Crippen LogP contribution in [0.1, 0.15) is 47.5 Å². The molecular formula is C15H22BF3O3. The molecule has 7 heteroatoms. The predicted octanol–water partition coefficient (Wildman–Crippen LogP) is 4.61. The van der Waals surface area contributed by atoms with Gasteiger partial charge in [-0.2, -0.15) is 13.2 Å². The molecule has 1 heterocycles. The summed E-state index contributed by atoms with van der Waals surface area (Å²) in [5.74, 6) is 0. The Morgan fingerprint density at radius 1 is 1.09 bits per heavy atom. The Kier molecular flexibility index (Phi) is 4.43. The van der Waals surface area contributed by atoms with Gasteiger partial charge in [0.1, 0.15) is 6.10 Å². The van der Waals surface area contributed by atoms with Gasteiger partial charge in [-0.05, 0) is 46.6 Å². The Morgan fingerprint density at radius 2 is 1.64 bits per heavy atom. The molecule has 0 aromatic heterocycles. The highest BCUT2D eigenvalue weighted by Gasteiger charge is 2.57. The molecule has 2 unspecified atom stereocenters. The fourth-order valence-electron chi connectivity index (χ4n) is 2.54. The zero-order valence-corrected chi connectivity index (χ0v) is 13.6. The first-order chi connectivity index (χ1) is 9.97. The Labute approximate surface area is 129 Å². The maximum Gasteiger partial charge on any atom is 0.468 e. The largest absolute Gasteiger partial charge is 0.468 e. The Hall–Kier alpha value is -0.945. The fourth-order valence-corrected chi connectivity index (χ4v) is 2.54. The van der Waals surface area contributed by atoms with Crippen molar-refractivity contribution < 1.29 is 27.2 Å². The lowest BCUT2D eigenvalue weighted by Gasteiger charge is -2.33. The Morgan fingerprint density at radius 3 is 2.05 bits per heavy atom. The van der Waals surface area contributed by atoms with Gasteiger partial charge in [-0.15, -0.1) is 0 Å². The zero-order valence-electron chi connectivity index (χ0n) is 13.6. The van der Waals surface area contributed by atoms with E-state index in [1.807, 2.05) is 40.7 Å². The quantitative estimate of drug-likeness (QED) is 0.432. The molecule has 1 aliphatic heterocycles. The molecule has 0 spiro atoms. The third kappa shape index (κ3) is 3.20. The third-order valence-electron chi connectivity index (χ3n) is 4.85. The molecule has 0 aromatic rings. The summed E-state index contributed by atoms with van der Waals surface area (Å²) >= 11 is 0. The van der Waals surface area contributed by atoms with E-state index < -0.39 is 41.8 Å². The second-order valence-corrected chi connectivity index (χ2v) is 7.18. The van der Waals surface area contributed by atoms with Gasteiger partial charge in [-0.1, -0.05) is 13.0 Å². The smallest absolute Gasteiger partial charge is 0.459 e. The summed E-state index contributed by atoms with van der Waals surface area (Å²) in [7, 11) is -0.437. The molecule has 0 saturated carbocycles. The molecule has 1 fully saturated rings. The van der Waals surface area contributed by atoms with E-state index in [0.717, 1.165) is 0 Å². The average molecular weight is 318 g/mol. The van der Waals surface area contributed by atoms with Crippen LogP contribution < -0.4 is 0 Å². The van der Waals surface area contributed by atoms with Gasteiger partial charge in [-0.25, -0.2) is 0 Å². The number of hydrogen-bond donors (Lipinski definition) is 0. The summed E-state index contributed by atoms with van der Waals surface area (Å²) in [6, 6.07) is -1.81. The predicted molar refractivity (Wildman–Crippen MR) is 78.0 cm³/mol. The van der Waals surface area contributed by atoms with Crippen molar-refractivity contribution in [3.63, 3.8) is 0 Å². The summed E-state index contributed by atoms with van der Waals surface area (Å²) in [6.45, 7) is 9.86. The molecule has 0 N–H and O–H groups in total. The Balaban J connectivity index is 2.07. The van der Waals surface area contributed by atoms with E-state index in [9.17, 15) is 13.2 Å². The van der Waals surface area contributed by atoms with E-state index >= 15 is 0 Å². The van der Waals surface area contributed by atoms with Gasteiger partial charge in [0, 0.05) is 5.31 Å². The van der Waals surface area contributed by atoms with Crippen LogP contribution >= 0.6 is 0 Å². The van der Waals surface area contributed by atoms with E-state index in [4.69, 9.17) is 9.31 Å². The van der Waals surface area contributed by atoms with Crippen molar-refractivity contribution in [2.45, 2.75) is 70.1 Å². The van der Waals surface area contributed by atoms with Crippen molar-refractivity contribution in [3.05, 3.63) is 24.2 Å². The molecule has 124 valence electrons. The monoisotopic (exact) mass is 318 g/mol. The minimum absolute atomic E-state index is 0.403. The molecule has 1 saturated heterocycles. The van der Waals surface area contributed by atoms with Gasteiger partial charge in [0.15, 0.2) is 0 Å². The minimum Gasteiger partial charge on any atom is -0.459 e. The highest BCUT2D eigenvalue weighted by molar-refractivity contribution is 6.50. The van der Waals surface area contributed by atoms with Crippen LogP contribution in [-0.2, 0) is 14.0 Å². The molecule has 3 nitrogen and oxygen atoms in total. The van der Waals surface area contributed by atoms with E-state index in [1.54, 1.807) is 6.08 Å². The highest BCUT2D eigenvalue weighted by atomic mass is 19.3. The van der Waals surface area contributed by atoms with Crippen molar-refractivity contribution in [1.29, 1.82) is 0 Å². The van der Waals surface area contributed by atoms with Gasteiger partial charge < -0.3 is 14.0 Å². The van der Waals surface area contributed by atoms with Crippen LogP contribution in [0.3, 0.4) is 0 Å². The highest BCUT2D eigenvalue weighted by Crippen LogP contribution is 2.49. The van der Waals surface area contributed by atoms with Crippen LogP contribution in [0.15, 0.2) is 24.2 Å². The number of allylic oxidation sites excluding steroid dienone is 1. The molecule has 0 bridgehead atoms. The average Bonchev–Trinajstić information content (AvgIpc) is 2.62. The fraction of sp³-hybridized carbons (Fsp3) is 0.733. The van der Waals surface area contributed by atoms with Gasteiger partial charge in [-0.3, -0.25) is 0 Å². The molecule has 2 rings (SSSR count). The summed E-state index contributed by atoms with van der Waals surface area (Å²) < 4.78 is 53.6. The molecule has 2 aliphatic rings. The first-order valence-electron chi connectivity index (χ1n) is 7.39. The lowest BCUT2D eigenvalue weighted by atomic mass is 9.54. The van der Waals surface area contributed by atoms with E-state index in [1.165, 1.54) is 0 Å². The maximum atomic E-state index is 12.8. The second kappa shape index (κ2) is 5.60. The molecular weight excluding hydrogens is 296 g/mol. The molecule has 22 heavy (non-hydrogen) atoms. The van der Waals surface area contributed by atoms with Crippen LogP contribution in [-0.4, -0.2) is 24.4 Å². The van der Waals surface area contributed by atoms with Crippen LogP contribution in [0.2, 0.25) is 5.31 Å². The van der Waals surface area contributed by atoms with Crippen LogP contribution in [0.25, 0.3) is 0 Å². The van der Waals surface area contributed by atoms with E-state index in [-0.39, 0.29) is 0 Å². The van der Waals surface area contributed by atoms with Crippen molar-refractivity contribution in [3.8, 4) is 0 Å². The number of ether oxygens (including phenoxy) is 1. The zero-order chi connectivity index (χ0) is 16.8. The molecule has 0 amide bonds. The lowest BCUT2D eigenvalue weighted by molar-refractivity contribution is 0.00578. The SMILES string of the molecule is CC1(B2OC(C)(C)C(C)(C)O2)C=CC(OC(F)=C(F)F)CC1. The van der Waals surface area contributed by atoms with Gasteiger partial charge in [0.2, 0.25) is 0 Å². The molecule has 2 atom stereocenters. The first-order valence-corrected chi connectivity index (χ1v) is 7.39. The Bertz CT molecular complexity index is 484. The second-order valence-electron chi connectivity index (χ2n) is 7.18. The van der Waals surface area contributed by atoms with Crippen LogP contribution in [0, 0.1) is 0 Å².